The number of aromatic nitrogens is 1. The summed E-state index contributed by atoms with van der Waals surface area (Å²) in [5.41, 5.74) is -0.295. The van der Waals surface area contributed by atoms with Crippen molar-refractivity contribution in [1.29, 1.82) is 0 Å². The summed E-state index contributed by atoms with van der Waals surface area (Å²) in [6.45, 7) is 0. The third-order valence-electron chi connectivity index (χ3n) is 3.45. The first kappa shape index (κ1) is 17.8. The zero-order valence-electron chi connectivity index (χ0n) is 12.8. The smallest absolute Gasteiger partial charge is 0.430 e. The average molecular weight is 380 g/mol. The molecule has 0 saturated heterocycles. The summed E-state index contributed by atoms with van der Waals surface area (Å²) in [4.78, 5) is 15.2. The normalized spacial score (nSPS) is 15.8. The monoisotopic (exact) mass is 379 g/mol. The Kier molecular flexibility index (Phi) is 4.62. The Bertz CT molecular complexity index is 959. The van der Waals surface area contributed by atoms with Gasteiger partial charge < -0.3 is 9.84 Å². The highest BCUT2D eigenvalue weighted by molar-refractivity contribution is 6.31. The molecule has 1 atom stereocenters. The van der Waals surface area contributed by atoms with Crippen molar-refractivity contribution in [3.8, 4) is 17.6 Å². The lowest BCUT2D eigenvalue weighted by atomic mass is 9.99. The van der Waals surface area contributed by atoms with Gasteiger partial charge in [0.25, 0.3) is 0 Å². The molecule has 1 aliphatic heterocycles. The van der Waals surface area contributed by atoms with Crippen LogP contribution in [0.1, 0.15) is 16.8 Å². The minimum absolute atomic E-state index is 0.105. The molecule has 2 aromatic rings. The molecule has 8 heteroatoms. The molecular weight excluding hydrogens is 371 g/mol. The second-order valence-corrected chi connectivity index (χ2v) is 5.72. The number of carbonyl (C=O) groups is 1. The van der Waals surface area contributed by atoms with E-state index in [0.717, 1.165) is 6.08 Å². The summed E-state index contributed by atoms with van der Waals surface area (Å²) in [6, 6.07) is 7.71. The number of hydrogen-bond donors (Lipinski definition) is 1. The summed E-state index contributed by atoms with van der Waals surface area (Å²) < 4.78 is 44.6. The first-order valence-corrected chi connectivity index (χ1v) is 7.58. The Morgan fingerprint density at radius 3 is 2.65 bits per heavy atom. The van der Waals surface area contributed by atoms with Gasteiger partial charge in [-0.15, -0.1) is 0 Å². The molecule has 4 nitrogen and oxygen atoms in total. The number of aliphatic carboxylic acids is 1. The van der Waals surface area contributed by atoms with Gasteiger partial charge in [0.15, 0.2) is 0 Å². The highest BCUT2D eigenvalue weighted by atomic mass is 35.5. The molecule has 0 bridgehead atoms. The maximum atomic E-state index is 13.2. The SMILES string of the molecule is O=C(O)C1=Cc2cc(Cl)cc(C#Cc3ccccn3)c2OC1C(F)(F)F. The number of alkyl halides is 3. The number of nitrogens with zero attached hydrogens (tertiary/aromatic N) is 1. The predicted molar refractivity (Wildman–Crippen MR) is 87.8 cm³/mol. The van der Waals surface area contributed by atoms with E-state index in [1.807, 2.05) is 0 Å². The molecule has 1 aliphatic rings. The molecule has 26 heavy (non-hydrogen) atoms. The Labute approximate surface area is 150 Å². The molecule has 1 N–H and O–H groups in total. The number of rotatable bonds is 1. The number of benzene rings is 1. The van der Waals surface area contributed by atoms with Crippen LogP contribution in [0.3, 0.4) is 0 Å². The Hall–Kier alpha value is -2.98. The van der Waals surface area contributed by atoms with Crippen molar-refractivity contribution in [2.45, 2.75) is 12.3 Å². The maximum absolute atomic E-state index is 13.2. The number of hydrogen-bond acceptors (Lipinski definition) is 3. The lowest BCUT2D eigenvalue weighted by Gasteiger charge is -2.27. The molecular formula is C18H9ClF3NO3. The fourth-order valence-electron chi connectivity index (χ4n) is 2.36. The molecule has 0 fully saturated rings. The number of fused-ring (bicyclic) bond motifs is 1. The third kappa shape index (κ3) is 3.65. The highest BCUT2D eigenvalue weighted by Crippen LogP contribution is 2.40. The Balaban J connectivity index is 2.13. The van der Waals surface area contributed by atoms with Crippen molar-refractivity contribution >= 4 is 23.6 Å². The van der Waals surface area contributed by atoms with Crippen LogP contribution in [0.2, 0.25) is 5.02 Å². The van der Waals surface area contributed by atoms with E-state index in [-0.39, 0.29) is 21.9 Å². The number of ether oxygens (including phenoxy) is 1. The van der Waals surface area contributed by atoms with Crippen molar-refractivity contribution in [2.24, 2.45) is 0 Å². The van der Waals surface area contributed by atoms with Crippen molar-refractivity contribution < 1.29 is 27.8 Å². The molecule has 1 aromatic carbocycles. The molecule has 1 aromatic heterocycles. The molecule has 132 valence electrons. The largest absolute Gasteiger partial charge is 0.478 e. The van der Waals surface area contributed by atoms with Crippen molar-refractivity contribution in [3.05, 3.63) is 63.9 Å². The fourth-order valence-corrected chi connectivity index (χ4v) is 2.58. The Morgan fingerprint density at radius 1 is 1.27 bits per heavy atom. The van der Waals surface area contributed by atoms with Gasteiger partial charge in [-0.05, 0) is 36.3 Å². The van der Waals surface area contributed by atoms with E-state index in [0.29, 0.717) is 5.69 Å². The van der Waals surface area contributed by atoms with Crippen LogP contribution in [-0.4, -0.2) is 28.3 Å². The standard InChI is InChI=1S/C18H9ClF3NO3/c19-12-7-10(4-5-13-3-1-2-6-23-13)15-11(8-12)9-14(17(24)25)16(26-15)18(20,21)22/h1-3,6-9,16H,(H,24,25). The molecule has 2 heterocycles. The number of halogens is 4. The van der Waals surface area contributed by atoms with Crippen LogP contribution < -0.4 is 4.74 Å². The van der Waals surface area contributed by atoms with Crippen molar-refractivity contribution in [2.75, 3.05) is 0 Å². The minimum Gasteiger partial charge on any atom is -0.478 e. The Morgan fingerprint density at radius 2 is 2.04 bits per heavy atom. The van der Waals surface area contributed by atoms with Crippen LogP contribution in [-0.2, 0) is 4.79 Å². The summed E-state index contributed by atoms with van der Waals surface area (Å²) in [6.07, 6.45) is -5.07. The first-order valence-electron chi connectivity index (χ1n) is 7.20. The summed E-state index contributed by atoms with van der Waals surface area (Å²) >= 11 is 5.98. The van der Waals surface area contributed by atoms with Crippen molar-refractivity contribution in [1.82, 2.24) is 4.98 Å². The second kappa shape index (κ2) is 6.73. The predicted octanol–water partition coefficient (Wildman–Crippen LogP) is 3.93. The molecule has 3 rings (SSSR count). The fraction of sp³-hybridized carbons (Fsp3) is 0.111. The van der Waals surface area contributed by atoms with Crippen LogP contribution in [0.4, 0.5) is 13.2 Å². The van der Waals surface area contributed by atoms with Crippen LogP contribution >= 0.6 is 11.6 Å². The van der Waals surface area contributed by atoms with Gasteiger partial charge in [-0.25, -0.2) is 9.78 Å². The zero-order chi connectivity index (χ0) is 18.9. The van der Waals surface area contributed by atoms with E-state index in [9.17, 15) is 18.0 Å². The van der Waals surface area contributed by atoms with Gasteiger partial charge in [-0.1, -0.05) is 23.6 Å². The van der Waals surface area contributed by atoms with E-state index >= 15 is 0 Å². The van der Waals surface area contributed by atoms with E-state index in [2.05, 4.69) is 16.8 Å². The third-order valence-corrected chi connectivity index (χ3v) is 3.66. The number of pyridine rings is 1. The highest BCUT2D eigenvalue weighted by Gasteiger charge is 2.48. The quantitative estimate of drug-likeness (QED) is 0.763. The van der Waals surface area contributed by atoms with Gasteiger partial charge in [0.05, 0.1) is 11.1 Å². The molecule has 0 aliphatic carbocycles. The second-order valence-electron chi connectivity index (χ2n) is 5.28. The van der Waals surface area contributed by atoms with E-state index in [1.54, 1.807) is 18.2 Å². The van der Waals surface area contributed by atoms with Gasteiger partial charge in [-0.2, -0.15) is 13.2 Å². The molecule has 0 radical (unpaired) electrons. The van der Waals surface area contributed by atoms with Crippen LogP contribution in [0.15, 0.2) is 42.1 Å². The topological polar surface area (TPSA) is 59.4 Å². The van der Waals surface area contributed by atoms with Gasteiger partial charge in [0.2, 0.25) is 6.10 Å². The van der Waals surface area contributed by atoms with E-state index in [4.69, 9.17) is 21.4 Å². The lowest BCUT2D eigenvalue weighted by molar-refractivity contribution is -0.187. The maximum Gasteiger partial charge on any atom is 0.430 e. The van der Waals surface area contributed by atoms with Crippen molar-refractivity contribution in [3.63, 3.8) is 0 Å². The van der Waals surface area contributed by atoms with E-state index < -0.39 is 23.8 Å². The van der Waals surface area contributed by atoms with Gasteiger partial charge in [0, 0.05) is 16.8 Å². The summed E-state index contributed by atoms with van der Waals surface area (Å²) in [7, 11) is 0. The minimum atomic E-state index is -4.90. The van der Waals surface area contributed by atoms with Gasteiger partial charge >= 0.3 is 12.1 Å². The number of carboxylic acids is 1. The molecule has 0 spiro atoms. The summed E-state index contributed by atoms with van der Waals surface area (Å²) in [5.74, 6) is 3.49. The molecule has 0 amide bonds. The first-order chi connectivity index (χ1) is 12.3. The zero-order valence-corrected chi connectivity index (χ0v) is 13.6. The van der Waals surface area contributed by atoms with Crippen LogP contribution in [0.25, 0.3) is 6.08 Å². The average Bonchev–Trinajstić information content (AvgIpc) is 2.58. The van der Waals surface area contributed by atoms with Gasteiger partial charge in [-0.3, -0.25) is 0 Å². The van der Waals surface area contributed by atoms with Crippen LogP contribution in [0, 0.1) is 11.8 Å². The molecule has 1 unspecified atom stereocenters. The lowest BCUT2D eigenvalue weighted by Crippen LogP contribution is -2.40. The summed E-state index contributed by atoms with van der Waals surface area (Å²) in [5, 5.41) is 9.26. The number of carboxylic acid groups (broad SMARTS) is 1. The molecule has 0 saturated carbocycles. The van der Waals surface area contributed by atoms with E-state index in [1.165, 1.54) is 18.3 Å². The van der Waals surface area contributed by atoms with Crippen LogP contribution in [0.5, 0.6) is 5.75 Å². The van der Waals surface area contributed by atoms with Gasteiger partial charge in [0.1, 0.15) is 11.4 Å².